The molecule has 3 N–H and O–H groups in total. The Morgan fingerprint density at radius 2 is 1.86 bits per heavy atom. The van der Waals surface area contributed by atoms with Gasteiger partial charge >= 0.3 is 6.18 Å². The Kier molecular flexibility index (Phi) is 4.82. The number of rotatable bonds is 4. The van der Waals surface area contributed by atoms with Crippen molar-refractivity contribution in [1.29, 1.82) is 0 Å². The zero-order chi connectivity index (χ0) is 15.5. The molecular weight excluding hydrogens is 303 g/mol. The van der Waals surface area contributed by atoms with Crippen LogP contribution in [0, 0.1) is 0 Å². The van der Waals surface area contributed by atoms with E-state index in [0.717, 1.165) is 17.7 Å². The molecule has 1 unspecified atom stereocenters. The van der Waals surface area contributed by atoms with E-state index >= 15 is 0 Å². The molecule has 1 atom stereocenters. The average Bonchev–Trinajstić information content (AvgIpc) is 2.46. The molecular formula is C14H13ClF3N3. The van der Waals surface area contributed by atoms with Crippen molar-refractivity contribution in [2.75, 3.05) is 0 Å². The minimum absolute atomic E-state index is 0.341. The van der Waals surface area contributed by atoms with Crippen molar-refractivity contribution in [1.82, 2.24) is 10.4 Å². The molecule has 1 aromatic heterocycles. The van der Waals surface area contributed by atoms with E-state index in [4.69, 9.17) is 17.4 Å². The van der Waals surface area contributed by atoms with E-state index in [9.17, 15) is 13.2 Å². The third-order valence-electron chi connectivity index (χ3n) is 3.12. The normalized spacial score (nSPS) is 13.2. The lowest BCUT2D eigenvalue weighted by Crippen LogP contribution is -2.29. The number of hydrogen-bond donors (Lipinski definition) is 2. The Morgan fingerprint density at radius 1 is 1.19 bits per heavy atom. The number of hydrazine groups is 1. The first kappa shape index (κ1) is 15.8. The molecule has 0 aliphatic rings. The monoisotopic (exact) mass is 315 g/mol. The zero-order valence-electron chi connectivity index (χ0n) is 10.9. The lowest BCUT2D eigenvalue weighted by Gasteiger charge is -2.18. The summed E-state index contributed by atoms with van der Waals surface area (Å²) in [5.74, 6) is 5.50. The highest BCUT2D eigenvalue weighted by molar-refractivity contribution is 6.31. The summed E-state index contributed by atoms with van der Waals surface area (Å²) >= 11 is 6.02. The number of pyridine rings is 1. The van der Waals surface area contributed by atoms with Crippen LogP contribution in [0.3, 0.4) is 0 Å². The maximum Gasteiger partial charge on any atom is 0.416 e. The summed E-state index contributed by atoms with van der Waals surface area (Å²) in [6, 6.07) is 6.29. The van der Waals surface area contributed by atoms with Crippen LogP contribution < -0.4 is 11.3 Å². The van der Waals surface area contributed by atoms with E-state index in [1.807, 2.05) is 0 Å². The van der Waals surface area contributed by atoms with Gasteiger partial charge in [0.05, 0.1) is 16.6 Å². The minimum atomic E-state index is -4.35. The average molecular weight is 316 g/mol. The quantitative estimate of drug-likeness (QED) is 0.670. The molecule has 0 amide bonds. The smallest absolute Gasteiger partial charge is 0.271 e. The minimum Gasteiger partial charge on any atom is -0.271 e. The molecule has 3 nitrogen and oxygen atoms in total. The van der Waals surface area contributed by atoms with Crippen LogP contribution in [0.15, 0.2) is 42.7 Å². The molecule has 2 aromatic rings. The molecule has 0 saturated carbocycles. The summed E-state index contributed by atoms with van der Waals surface area (Å²) in [4.78, 5) is 3.88. The number of alkyl halides is 3. The molecule has 21 heavy (non-hydrogen) atoms. The van der Waals surface area contributed by atoms with Gasteiger partial charge in [-0.25, -0.2) is 0 Å². The van der Waals surface area contributed by atoms with Gasteiger partial charge in [-0.15, -0.1) is 0 Å². The fourth-order valence-corrected chi connectivity index (χ4v) is 2.16. The largest absolute Gasteiger partial charge is 0.416 e. The van der Waals surface area contributed by atoms with E-state index in [1.165, 1.54) is 18.3 Å². The van der Waals surface area contributed by atoms with Crippen LogP contribution >= 0.6 is 11.6 Å². The van der Waals surface area contributed by atoms with Crippen LogP contribution in [0.2, 0.25) is 5.02 Å². The standard InChI is InChI=1S/C14H13ClF3N3/c15-12-8-20-6-5-10(12)7-13(21-19)9-1-3-11(4-2-9)14(16,17)18/h1-6,8,13,21H,7,19H2. The van der Waals surface area contributed by atoms with Crippen LogP contribution in [-0.4, -0.2) is 4.98 Å². The number of benzene rings is 1. The number of nitrogens with two attached hydrogens (primary N) is 1. The Labute approximate surface area is 124 Å². The van der Waals surface area contributed by atoms with E-state index < -0.39 is 11.7 Å². The van der Waals surface area contributed by atoms with Crippen LogP contribution in [0.5, 0.6) is 0 Å². The maximum absolute atomic E-state index is 12.5. The molecule has 0 saturated heterocycles. The molecule has 2 rings (SSSR count). The van der Waals surface area contributed by atoms with Crippen molar-refractivity contribution >= 4 is 11.6 Å². The first-order chi connectivity index (χ1) is 9.91. The van der Waals surface area contributed by atoms with Crippen LogP contribution in [0.4, 0.5) is 13.2 Å². The van der Waals surface area contributed by atoms with E-state index in [0.29, 0.717) is 17.0 Å². The Morgan fingerprint density at radius 3 is 2.38 bits per heavy atom. The molecule has 7 heteroatoms. The van der Waals surface area contributed by atoms with Gasteiger partial charge in [-0.05, 0) is 35.7 Å². The lowest BCUT2D eigenvalue weighted by molar-refractivity contribution is -0.137. The van der Waals surface area contributed by atoms with Gasteiger partial charge in [0.15, 0.2) is 0 Å². The molecule has 1 aromatic carbocycles. The second-order valence-corrected chi connectivity index (χ2v) is 4.92. The summed E-state index contributed by atoms with van der Waals surface area (Å²) in [6.45, 7) is 0. The van der Waals surface area contributed by atoms with Gasteiger partial charge in [-0.1, -0.05) is 23.7 Å². The zero-order valence-corrected chi connectivity index (χ0v) is 11.6. The van der Waals surface area contributed by atoms with Gasteiger partial charge in [-0.3, -0.25) is 16.3 Å². The van der Waals surface area contributed by atoms with Crippen molar-refractivity contribution in [3.63, 3.8) is 0 Å². The number of halogens is 4. The van der Waals surface area contributed by atoms with Crippen molar-refractivity contribution in [3.05, 3.63) is 64.4 Å². The fraction of sp³-hybridized carbons (Fsp3) is 0.214. The molecule has 0 aliphatic heterocycles. The van der Waals surface area contributed by atoms with Crippen molar-refractivity contribution in [2.45, 2.75) is 18.6 Å². The van der Waals surface area contributed by atoms with E-state index in [-0.39, 0.29) is 6.04 Å². The molecule has 0 bridgehead atoms. The highest BCUT2D eigenvalue weighted by Crippen LogP contribution is 2.30. The molecule has 0 spiro atoms. The Balaban J connectivity index is 2.20. The fourth-order valence-electron chi connectivity index (χ4n) is 1.97. The van der Waals surface area contributed by atoms with Crippen LogP contribution in [0.1, 0.15) is 22.7 Å². The van der Waals surface area contributed by atoms with Crippen molar-refractivity contribution in [2.24, 2.45) is 5.84 Å². The predicted molar refractivity (Wildman–Crippen MR) is 74.5 cm³/mol. The Bertz CT molecular complexity index is 599. The van der Waals surface area contributed by atoms with E-state index in [2.05, 4.69) is 10.4 Å². The molecule has 112 valence electrons. The second-order valence-electron chi connectivity index (χ2n) is 4.51. The van der Waals surface area contributed by atoms with Gasteiger partial charge in [0, 0.05) is 12.4 Å². The summed E-state index contributed by atoms with van der Waals surface area (Å²) < 4.78 is 37.6. The predicted octanol–water partition coefficient (Wildman–Crippen LogP) is 3.50. The second kappa shape index (κ2) is 6.43. The summed E-state index contributed by atoms with van der Waals surface area (Å²) in [6.07, 6.45) is -0.791. The summed E-state index contributed by atoms with van der Waals surface area (Å²) in [5.41, 5.74) is 3.37. The highest BCUT2D eigenvalue weighted by Gasteiger charge is 2.30. The highest BCUT2D eigenvalue weighted by atomic mass is 35.5. The van der Waals surface area contributed by atoms with Gasteiger partial charge in [0.2, 0.25) is 0 Å². The number of aromatic nitrogens is 1. The SMILES string of the molecule is NNC(Cc1ccncc1Cl)c1ccc(C(F)(F)F)cc1. The van der Waals surface area contributed by atoms with Crippen molar-refractivity contribution in [3.8, 4) is 0 Å². The number of nitrogens with zero attached hydrogens (tertiary/aromatic N) is 1. The van der Waals surface area contributed by atoms with Gasteiger partial charge in [0.25, 0.3) is 0 Å². The first-order valence-corrected chi connectivity index (χ1v) is 6.51. The lowest BCUT2D eigenvalue weighted by atomic mass is 9.99. The summed E-state index contributed by atoms with van der Waals surface area (Å²) in [5, 5.41) is 0.490. The van der Waals surface area contributed by atoms with Gasteiger partial charge in [-0.2, -0.15) is 13.2 Å². The molecule has 0 radical (unpaired) electrons. The third-order valence-corrected chi connectivity index (χ3v) is 3.46. The van der Waals surface area contributed by atoms with Crippen molar-refractivity contribution < 1.29 is 13.2 Å². The van der Waals surface area contributed by atoms with Gasteiger partial charge in [0.1, 0.15) is 0 Å². The van der Waals surface area contributed by atoms with Crippen LogP contribution in [-0.2, 0) is 12.6 Å². The first-order valence-electron chi connectivity index (χ1n) is 6.13. The number of hydrogen-bond acceptors (Lipinski definition) is 3. The third kappa shape index (κ3) is 3.93. The molecule has 0 aliphatic carbocycles. The molecule has 0 fully saturated rings. The van der Waals surface area contributed by atoms with Gasteiger partial charge < -0.3 is 0 Å². The number of nitrogens with one attached hydrogen (secondary N) is 1. The van der Waals surface area contributed by atoms with Crippen LogP contribution in [0.25, 0.3) is 0 Å². The maximum atomic E-state index is 12.5. The van der Waals surface area contributed by atoms with E-state index in [1.54, 1.807) is 12.3 Å². The Hall–Kier alpha value is -1.63. The topological polar surface area (TPSA) is 50.9 Å². The molecule has 1 heterocycles. The summed E-state index contributed by atoms with van der Waals surface area (Å²) in [7, 11) is 0.